The van der Waals surface area contributed by atoms with Gasteiger partial charge in [0, 0.05) is 5.56 Å². The number of halogens is 3. The molecule has 0 radical (unpaired) electrons. The van der Waals surface area contributed by atoms with E-state index in [-0.39, 0.29) is 12.5 Å². The van der Waals surface area contributed by atoms with Crippen molar-refractivity contribution >= 4 is 51.3 Å². The van der Waals surface area contributed by atoms with E-state index in [4.69, 9.17) is 23.2 Å². The van der Waals surface area contributed by atoms with Crippen LogP contribution in [0.1, 0.15) is 17.0 Å². The van der Waals surface area contributed by atoms with E-state index in [9.17, 15) is 4.79 Å². The Kier molecular flexibility index (Phi) is 5.61. The summed E-state index contributed by atoms with van der Waals surface area (Å²) in [7, 11) is 0. The number of nitrogens with zero attached hydrogens (tertiary/aromatic N) is 3. The van der Waals surface area contributed by atoms with Gasteiger partial charge < -0.3 is 0 Å². The maximum absolute atomic E-state index is 11.9. The molecule has 0 aliphatic rings. The molecule has 1 aromatic heterocycles. The van der Waals surface area contributed by atoms with Crippen LogP contribution in [-0.4, -0.2) is 21.9 Å². The number of nitrogens with one attached hydrogen (secondary N) is 1. The molecule has 0 bridgehead atoms. The average Bonchev–Trinajstić information content (AvgIpc) is 2.69. The zero-order valence-corrected chi connectivity index (χ0v) is 15.0. The fraction of sp³-hybridized carbons (Fsp3) is 0.214. The number of rotatable bonds is 4. The zero-order valence-electron chi connectivity index (χ0n) is 11.9. The van der Waals surface area contributed by atoms with E-state index in [2.05, 4.69) is 31.6 Å². The number of aryl methyl sites for hydroxylation is 1. The molecular weight excluding hydrogens is 391 g/mol. The summed E-state index contributed by atoms with van der Waals surface area (Å²) < 4.78 is 2.50. The molecule has 1 heterocycles. The Morgan fingerprint density at radius 2 is 2.05 bits per heavy atom. The number of carbonyl (C=O) groups is 1. The minimum Gasteiger partial charge on any atom is -0.271 e. The summed E-state index contributed by atoms with van der Waals surface area (Å²) in [5, 5.41) is 9.06. The summed E-state index contributed by atoms with van der Waals surface area (Å²) in [4.78, 5) is 11.9. The molecule has 1 N–H and O–H groups in total. The van der Waals surface area contributed by atoms with Gasteiger partial charge in [-0.2, -0.15) is 10.2 Å². The Labute approximate surface area is 146 Å². The quantitative estimate of drug-likeness (QED) is 0.624. The van der Waals surface area contributed by atoms with Crippen molar-refractivity contribution in [2.75, 3.05) is 0 Å². The van der Waals surface area contributed by atoms with E-state index < -0.39 is 0 Å². The predicted octanol–water partition coefficient (Wildman–Crippen LogP) is 3.72. The summed E-state index contributed by atoms with van der Waals surface area (Å²) >= 11 is 15.4. The fourth-order valence-electron chi connectivity index (χ4n) is 1.80. The van der Waals surface area contributed by atoms with Gasteiger partial charge in [0.25, 0.3) is 5.91 Å². The molecule has 1 amide bonds. The van der Waals surface area contributed by atoms with Gasteiger partial charge in [0.15, 0.2) is 0 Å². The number of hydrogen-bond donors (Lipinski definition) is 1. The van der Waals surface area contributed by atoms with E-state index in [0.717, 1.165) is 15.9 Å². The lowest BCUT2D eigenvalue weighted by Gasteiger charge is -2.04. The minimum atomic E-state index is -0.294. The molecule has 0 aliphatic carbocycles. The maximum atomic E-state index is 11.9. The van der Waals surface area contributed by atoms with Crippen LogP contribution >= 0.6 is 39.1 Å². The lowest BCUT2D eigenvalue weighted by molar-refractivity contribution is -0.121. The molecule has 5 nitrogen and oxygen atoms in total. The van der Waals surface area contributed by atoms with Crippen LogP contribution in [0.2, 0.25) is 10.0 Å². The highest BCUT2D eigenvalue weighted by Gasteiger charge is 2.11. The number of amides is 1. The molecule has 1 aromatic carbocycles. The Morgan fingerprint density at radius 1 is 1.41 bits per heavy atom. The van der Waals surface area contributed by atoms with Crippen LogP contribution in [0.4, 0.5) is 0 Å². The third kappa shape index (κ3) is 3.88. The number of aromatic nitrogens is 2. The van der Waals surface area contributed by atoms with Crippen molar-refractivity contribution in [2.45, 2.75) is 20.4 Å². The minimum absolute atomic E-state index is 0.0753. The lowest BCUT2D eigenvalue weighted by Crippen LogP contribution is -2.24. The number of hydrogen-bond acceptors (Lipinski definition) is 3. The largest absolute Gasteiger partial charge is 0.271 e. The molecule has 0 aliphatic heterocycles. The van der Waals surface area contributed by atoms with E-state index >= 15 is 0 Å². The van der Waals surface area contributed by atoms with Gasteiger partial charge in [0.05, 0.1) is 32.1 Å². The van der Waals surface area contributed by atoms with Crippen molar-refractivity contribution in [3.05, 3.63) is 49.7 Å². The smallest absolute Gasteiger partial charge is 0.261 e. The molecular formula is C14H13BrCl2N4O. The van der Waals surface area contributed by atoms with Crippen LogP contribution in [0.5, 0.6) is 0 Å². The molecule has 2 aromatic rings. The summed E-state index contributed by atoms with van der Waals surface area (Å²) in [6.45, 7) is 3.82. The van der Waals surface area contributed by atoms with E-state index in [1.807, 2.05) is 13.8 Å². The summed E-state index contributed by atoms with van der Waals surface area (Å²) in [6, 6.07) is 5.13. The molecule has 0 atom stereocenters. The number of benzene rings is 1. The SMILES string of the molecule is Cc1nn(CC(=O)N/N=C/c2c(Cl)cccc2Cl)c(C)c1Br. The van der Waals surface area contributed by atoms with Gasteiger partial charge >= 0.3 is 0 Å². The Hall–Kier alpha value is -1.37. The third-order valence-corrected chi connectivity index (χ3v) is 4.78. The second kappa shape index (κ2) is 7.26. The van der Waals surface area contributed by atoms with Crippen molar-refractivity contribution in [3.63, 3.8) is 0 Å². The normalized spacial score (nSPS) is 11.1. The molecule has 0 saturated carbocycles. The van der Waals surface area contributed by atoms with Gasteiger partial charge in [0.1, 0.15) is 6.54 Å². The van der Waals surface area contributed by atoms with Crippen LogP contribution < -0.4 is 5.43 Å². The predicted molar refractivity (Wildman–Crippen MR) is 91.6 cm³/mol. The van der Waals surface area contributed by atoms with Gasteiger partial charge in [-0.25, -0.2) is 5.43 Å². The van der Waals surface area contributed by atoms with Crippen LogP contribution in [0.25, 0.3) is 0 Å². The molecule has 0 unspecified atom stereocenters. The van der Waals surface area contributed by atoms with E-state index in [1.165, 1.54) is 6.21 Å². The summed E-state index contributed by atoms with van der Waals surface area (Å²) in [5.74, 6) is -0.294. The topological polar surface area (TPSA) is 59.3 Å². The van der Waals surface area contributed by atoms with Crippen molar-refractivity contribution in [1.29, 1.82) is 0 Å². The Bertz CT molecular complexity index is 722. The third-order valence-electron chi connectivity index (χ3n) is 2.97. The summed E-state index contributed by atoms with van der Waals surface area (Å²) in [6.07, 6.45) is 1.42. The standard InChI is InChI=1S/C14H13BrCl2N4O/c1-8-14(15)9(2)21(20-8)7-13(22)19-18-6-10-11(16)4-3-5-12(10)17/h3-6H,7H2,1-2H3,(H,19,22)/b18-6+. The summed E-state index contributed by atoms with van der Waals surface area (Å²) in [5.41, 5.74) is 4.69. The van der Waals surface area contributed by atoms with Crippen molar-refractivity contribution < 1.29 is 4.79 Å². The lowest BCUT2D eigenvalue weighted by atomic mass is 10.2. The Morgan fingerprint density at radius 3 is 2.59 bits per heavy atom. The van der Waals surface area contributed by atoms with Crippen molar-refractivity contribution in [3.8, 4) is 0 Å². The number of carbonyl (C=O) groups excluding carboxylic acids is 1. The molecule has 116 valence electrons. The van der Waals surface area contributed by atoms with E-state index in [1.54, 1.807) is 22.9 Å². The molecule has 0 spiro atoms. The molecule has 0 fully saturated rings. The number of hydrazone groups is 1. The van der Waals surface area contributed by atoms with Crippen LogP contribution in [0.3, 0.4) is 0 Å². The molecule has 0 saturated heterocycles. The highest BCUT2D eigenvalue weighted by atomic mass is 79.9. The van der Waals surface area contributed by atoms with Crippen LogP contribution in [0.15, 0.2) is 27.8 Å². The van der Waals surface area contributed by atoms with Crippen molar-refractivity contribution in [1.82, 2.24) is 15.2 Å². The zero-order chi connectivity index (χ0) is 16.3. The van der Waals surface area contributed by atoms with Crippen LogP contribution in [-0.2, 0) is 11.3 Å². The monoisotopic (exact) mass is 402 g/mol. The van der Waals surface area contributed by atoms with Crippen molar-refractivity contribution in [2.24, 2.45) is 5.10 Å². The van der Waals surface area contributed by atoms with Gasteiger partial charge in [-0.05, 0) is 41.9 Å². The van der Waals surface area contributed by atoms with Gasteiger partial charge in [0.2, 0.25) is 0 Å². The van der Waals surface area contributed by atoms with Gasteiger partial charge in [-0.15, -0.1) is 0 Å². The highest BCUT2D eigenvalue weighted by molar-refractivity contribution is 9.10. The first-order chi connectivity index (χ1) is 10.4. The first-order valence-electron chi connectivity index (χ1n) is 6.35. The van der Waals surface area contributed by atoms with Gasteiger partial charge in [-0.3, -0.25) is 9.48 Å². The van der Waals surface area contributed by atoms with Gasteiger partial charge in [-0.1, -0.05) is 29.3 Å². The maximum Gasteiger partial charge on any atom is 0.261 e. The van der Waals surface area contributed by atoms with E-state index in [0.29, 0.717) is 15.6 Å². The molecule has 8 heteroatoms. The molecule has 22 heavy (non-hydrogen) atoms. The second-order valence-corrected chi connectivity index (χ2v) is 6.18. The first-order valence-corrected chi connectivity index (χ1v) is 7.90. The first kappa shape index (κ1) is 17.0. The Balaban J connectivity index is 2.01. The average molecular weight is 404 g/mol. The highest BCUT2D eigenvalue weighted by Crippen LogP contribution is 2.22. The molecule has 2 rings (SSSR count). The van der Waals surface area contributed by atoms with Crippen LogP contribution in [0, 0.1) is 13.8 Å². The second-order valence-electron chi connectivity index (χ2n) is 4.57. The fourth-order valence-corrected chi connectivity index (χ4v) is 2.58.